The third kappa shape index (κ3) is 2.89. The fraction of sp³-hybridized carbons (Fsp3) is 0.185. The fourth-order valence-corrected chi connectivity index (χ4v) is 5.68. The average Bonchev–Trinajstić information content (AvgIpc) is 3.57. The lowest BCUT2D eigenvalue weighted by molar-refractivity contribution is -0.129. The Morgan fingerprint density at radius 1 is 0.889 bits per heavy atom. The van der Waals surface area contributed by atoms with Crippen LogP contribution in [0.4, 0.5) is 11.4 Å². The molecule has 4 aliphatic rings. The summed E-state index contributed by atoms with van der Waals surface area (Å²) in [5, 5.41) is 9.09. The van der Waals surface area contributed by atoms with E-state index in [1.54, 1.807) is 41.6 Å². The molecule has 0 aliphatic carbocycles. The molecule has 178 valence electrons. The van der Waals surface area contributed by atoms with Gasteiger partial charge in [0.15, 0.2) is 11.5 Å². The maximum atomic E-state index is 13.9. The Balaban J connectivity index is 1.32. The van der Waals surface area contributed by atoms with Gasteiger partial charge in [-0.2, -0.15) is 5.10 Å². The van der Waals surface area contributed by atoms with Gasteiger partial charge in [-0.15, -0.1) is 0 Å². The highest BCUT2D eigenvalue weighted by Gasteiger charge is 2.65. The molecule has 0 spiro atoms. The minimum absolute atomic E-state index is 0.0828. The minimum atomic E-state index is -0.958. The van der Waals surface area contributed by atoms with Gasteiger partial charge in [0.25, 0.3) is 0 Å². The van der Waals surface area contributed by atoms with Crippen LogP contribution >= 0.6 is 0 Å². The van der Waals surface area contributed by atoms with Crippen LogP contribution in [0.15, 0.2) is 77.9 Å². The third-order valence-electron chi connectivity index (χ3n) is 7.22. The van der Waals surface area contributed by atoms with Gasteiger partial charge in [-0.25, -0.2) is 4.90 Å². The number of imide groups is 1. The second-order valence-corrected chi connectivity index (χ2v) is 9.10. The van der Waals surface area contributed by atoms with Crippen molar-refractivity contribution in [1.82, 2.24) is 5.01 Å². The maximum absolute atomic E-state index is 13.9. The molecule has 4 aliphatic heterocycles. The number of carbonyl (C=O) groups excluding carboxylic acids is 3. The number of hydrazone groups is 1. The van der Waals surface area contributed by atoms with E-state index in [9.17, 15) is 14.4 Å². The summed E-state index contributed by atoms with van der Waals surface area (Å²) in [4.78, 5) is 42.6. The van der Waals surface area contributed by atoms with E-state index in [0.717, 1.165) is 11.1 Å². The molecule has 3 aromatic carbocycles. The highest BCUT2D eigenvalue weighted by molar-refractivity contribution is 6.24. The number of hydrogen-bond acceptors (Lipinski definition) is 7. The van der Waals surface area contributed by atoms with E-state index in [-0.39, 0.29) is 18.6 Å². The maximum Gasteiger partial charge on any atom is 0.249 e. The zero-order valence-electron chi connectivity index (χ0n) is 18.9. The van der Waals surface area contributed by atoms with Crippen molar-refractivity contribution >= 4 is 35.3 Å². The van der Waals surface area contributed by atoms with Crippen LogP contribution in [0.5, 0.6) is 11.5 Å². The number of nitrogens with zero attached hydrogens (tertiary/aromatic N) is 3. The van der Waals surface area contributed by atoms with E-state index in [4.69, 9.17) is 9.47 Å². The molecule has 0 bridgehead atoms. The summed E-state index contributed by atoms with van der Waals surface area (Å²) in [5.41, 5.74) is 2.73. The molecule has 9 nitrogen and oxygen atoms in total. The zero-order chi connectivity index (χ0) is 24.4. The number of carbonyl (C=O) groups is 3. The van der Waals surface area contributed by atoms with E-state index < -0.39 is 29.8 Å². The number of nitrogens with one attached hydrogen (secondary N) is 1. The third-order valence-corrected chi connectivity index (χ3v) is 7.22. The number of amides is 3. The summed E-state index contributed by atoms with van der Waals surface area (Å²) in [6.07, 6.45) is 1.68. The standard InChI is InChI=1S/C27H20N4O5/c32-25(29-16-7-2-1-3-8-16)24-22-21(23-18-9-5-4-6-15(18)13-28-31(23)24)26(33)30(27(22)34)17-10-11-19-20(12-17)36-14-35-19/h1-13,21-24H,14H2,(H,29,32)/t21-,22+,23-,24-/m1/s1. The monoisotopic (exact) mass is 480 g/mol. The molecule has 4 atom stereocenters. The van der Waals surface area contributed by atoms with Crippen LogP contribution < -0.4 is 19.7 Å². The number of fused-ring (bicyclic) bond motifs is 6. The van der Waals surface area contributed by atoms with Gasteiger partial charge >= 0.3 is 0 Å². The van der Waals surface area contributed by atoms with Gasteiger partial charge in [0.2, 0.25) is 24.5 Å². The molecule has 36 heavy (non-hydrogen) atoms. The first kappa shape index (κ1) is 20.7. The Morgan fingerprint density at radius 3 is 2.50 bits per heavy atom. The Morgan fingerprint density at radius 2 is 1.64 bits per heavy atom. The molecule has 3 aromatic rings. The smallest absolute Gasteiger partial charge is 0.249 e. The van der Waals surface area contributed by atoms with Crippen LogP contribution in [0.2, 0.25) is 0 Å². The topological polar surface area (TPSA) is 101 Å². The van der Waals surface area contributed by atoms with Crippen molar-refractivity contribution in [2.24, 2.45) is 16.9 Å². The zero-order valence-corrected chi connectivity index (χ0v) is 18.9. The number of benzene rings is 3. The number of hydrogen-bond donors (Lipinski definition) is 1. The molecule has 0 unspecified atom stereocenters. The van der Waals surface area contributed by atoms with Gasteiger partial charge in [0.05, 0.1) is 29.8 Å². The van der Waals surface area contributed by atoms with Gasteiger partial charge in [-0.1, -0.05) is 42.5 Å². The molecular weight excluding hydrogens is 460 g/mol. The average molecular weight is 480 g/mol. The first-order valence-electron chi connectivity index (χ1n) is 11.7. The number of anilines is 2. The van der Waals surface area contributed by atoms with Crippen LogP contribution in [0.1, 0.15) is 17.2 Å². The second-order valence-electron chi connectivity index (χ2n) is 9.10. The van der Waals surface area contributed by atoms with E-state index >= 15 is 0 Å². The molecular formula is C27H20N4O5. The highest BCUT2D eigenvalue weighted by atomic mass is 16.7. The summed E-state index contributed by atoms with van der Waals surface area (Å²) in [6, 6.07) is 20.1. The summed E-state index contributed by atoms with van der Waals surface area (Å²) in [5.74, 6) is -1.82. The Hall–Kier alpha value is -4.66. The van der Waals surface area contributed by atoms with Crippen molar-refractivity contribution < 1.29 is 23.9 Å². The summed E-state index contributed by atoms with van der Waals surface area (Å²) < 4.78 is 10.8. The van der Waals surface area contributed by atoms with Gasteiger partial charge in [-0.05, 0) is 35.4 Å². The van der Waals surface area contributed by atoms with Crippen molar-refractivity contribution in [2.45, 2.75) is 12.1 Å². The van der Waals surface area contributed by atoms with Gasteiger partial charge in [0, 0.05) is 11.8 Å². The fourth-order valence-electron chi connectivity index (χ4n) is 5.68. The quantitative estimate of drug-likeness (QED) is 0.579. The van der Waals surface area contributed by atoms with Crippen LogP contribution in [0, 0.1) is 11.8 Å². The number of rotatable bonds is 3. The van der Waals surface area contributed by atoms with E-state index in [1.807, 2.05) is 42.5 Å². The van der Waals surface area contributed by atoms with Crippen molar-refractivity contribution in [3.63, 3.8) is 0 Å². The van der Waals surface area contributed by atoms with Gasteiger partial charge in [-0.3, -0.25) is 19.4 Å². The van der Waals surface area contributed by atoms with E-state index in [0.29, 0.717) is 22.9 Å². The molecule has 4 heterocycles. The highest BCUT2D eigenvalue weighted by Crippen LogP contribution is 2.53. The summed E-state index contributed by atoms with van der Waals surface area (Å²) >= 11 is 0. The van der Waals surface area contributed by atoms with Crippen molar-refractivity contribution in [3.8, 4) is 11.5 Å². The molecule has 7 rings (SSSR count). The van der Waals surface area contributed by atoms with Crippen LogP contribution in [-0.4, -0.2) is 41.8 Å². The Bertz CT molecular complexity index is 1460. The number of para-hydroxylation sites is 1. The van der Waals surface area contributed by atoms with Crippen LogP contribution in [0.3, 0.4) is 0 Å². The first-order chi connectivity index (χ1) is 17.6. The summed E-state index contributed by atoms with van der Waals surface area (Å²) in [6.45, 7) is 0.0828. The second kappa shape index (κ2) is 7.67. The van der Waals surface area contributed by atoms with Gasteiger partial charge in [0.1, 0.15) is 6.04 Å². The predicted molar refractivity (Wildman–Crippen MR) is 130 cm³/mol. The molecule has 0 saturated carbocycles. The van der Waals surface area contributed by atoms with Crippen molar-refractivity contribution in [2.75, 3.05) is 17.0 Å². The van der Waals surface area contributed by atoms with Gasteiger partial charge < -0.3 is 14.8 Å². The van der Waals surface area contributed by atoms with Crippen LogP contribution in [0.25, 0.3) is 0 Å². The molecule has 3 amide bonds. The van der Waals surface area contributed by atoms with Crippen molar-refractivity contribution in [3.05, 3.63) is 83.9 Å². The molecule has 1 N–H and O–H groups in total. The lowest BCUT2D eigenvalue weighted by Gasteiger charge is -2.33. The van der Waals surface area contributed by atoms with Crippen molar-refractivity contribution in [1.29, 1.82) is 0 Å². The normalized spacial score (nSPS) is 25.0. The predicted octanol–water partition coefficient (Wildman–Crippen LogP) is 2.93. The minimum Gasteiger partial charge on any atom is -0.454 e. The lowest BCUT2D eigenvalue weighted by Crippen LogP contribution is -2.46. The molecule has 0 aromatic heterocycles. The van der Waals surface area contributed by atoms with E-state index in [1.165, 1.54) is 4.90 Å². The molecule has 9 heteroatoms. The number of ether oxygens (including phenoxy) is 2. The molecule has 0 radical (unpaired) electrons. The summed E-state index contributed by atoms with van der Waals surface area (Å²) in [7, 11) is 0. The first-order valence-corrected chi connectivity index (χ1v) is 11.7. The molecule has 2 saturated heterocycles. The SMILES string of the molecule is O=C(Nc1ccccc1)[C@H]1[C@H]2C(=O)N(c3ccc4c(c3)OCO4)C(=O)[C@H]2[C@H]2c3ccccc3C=NN21. The Labute approximate surface area is 205 Å². The van der Waals surface area contributed by atoms with Crippen LogP contribution in [-0.2, 0) is 14.4 Å². The lowest BCUT2D eigenvalue weighted by atomic mass is 9.85. The largest absolute Gasteiger partial charge is 0.454 e. The molecule has 2 fully saturated rings. The Kier molecular flexibility index (Phi) is 4.41. The van der Waals surface area contributed by atoms with E-state index in [2.05, 4.69) is 10.4 Å².